The van der Waals surface area contributed by atoms with Gasteiger partial charge in [-0.3, -0.25) is 9.59 Å². The van der Waals surface area contributed by atoms with E-state index < -0.39 is 6.29 Å². The summed E-state index contributed by atoms with van der Waals surface area (Å²) >= 11 is 4.32. The fraction of sp³-hybridized carbons (Fsp3) is 0.684. The minimum Gasteiger partial charge on any atom is -0.465 e. The van der Waals surface area contributed by atoms with Crippen LogP contribution in [0.3, 0.4) is 0 Å². The number of ether oxygens (including phenoxy) is 4. The van der Waals surface area contributed by atoms with Gasteiger partial charge in [-0.25, -0.2) is 0 Å². The number of benzene rings is 1. The molecular weight excluding hydrogens is 598 g/mol. The van der Waals surface area contributed by atoms with Crippen LogP contribution in [0, 0.1) is 5.92 Å². The number of esters is 2. The van der Waals surface area contributed by atoms with Gasteiger partial charge in [0.1, 0.15) is 6.61 Å². The third kappa shape index (κ3) is 20.2. The maximum atomic E-state index is 12.5. The Kier molecular flexibility index (Phi) is 23.4. The second-order valence-electron chi connectivity index (χ2n) is 12.1. The van der Waals surface area contributed by atoms with E-state index in [1.54, 1.807) is 0 Å². The topological polar surface area (TPSA) is 74.3 Å². The smallest absolute Gasteiger partial charge is 0.310 e. The fourth-order valence-corrected chi connectivity index (χ4v) is 5.65. The molecule has 0 radical (unpaired) electrons. The van der Waals surface area contributed by atoms with Crippen LogP contribution in [0.15, 0.2) is 48.6 Å². The van der Waals surface area contributed by atoms with Crippen LogP contribution in [-0.2, 0) is 41.6 Å². The van der Waals surface area contributed by atoms with Crippen molar-refractivity contribution in [2.75, 3.05) is 45.2 Å². The molecule has 0 amide bonds. The van der Waals surface area contributed by atoms with Crippen LogP contribution in [0.4, 0.5) is 0 Å². The minimum atomic E-state index is -0.403. The number of unbranched alkanes of at least 4 members (excludes halogenated alkanes) is 4. The van der Waals surface area contributed by atoms with Crippen LogP contribution in [0.2, 0.25) is 0 Å². The number of hydrogen-bond donors (Lipinski definition) is 1. The molecule has 1 aliphatic heterocycles. The Hall–Kier alpha value is -2.13. The van der Waals surface area contributed by atoms with Crippen LogP contribution in [0.1, 0.15) is 108 Å². The Morgan fingerprint density at radius 3 is 2.02 bits per heavy atom. The van der Waals surface area contributed by atoms with Crippen molar-refractivity contribution in [1.82, 2.24) is 4.90 Å². The summed E-state index contributed by atoms with van der Waals surface area (Å²) in [5.74, 6) is 1.05. The first kappa shape index (κ1) is 40.0. The number of carbonyl (C=O) groups is 2. The maximum absolute atomic E-state index is 12.5. The number of piperidine rings is 1. The largest absolute Gasteiger partial charge is 0.465 e. The second-order valence-corrected chi connectivity index (χ2v) is 12.6. The van der Waals surface area contributed by atoms with E-state index in [-0.39, 0.29) is 31.4 Å². The molecule has 0 spiro atoms. The minimum absolute atomic E-state index is 0.194. The van der Waals surface area contributed by atoms with Crippen molar-refractivity contribution in [3.05, 3.63) is 59.7 Å². The molecule has 0 atom stereocenters. The van der Waals surface area contributed by atoms with Crippen molar-refractivity contribution in [1.29, 1.82) is 0 Å². The van der Waals surface area contributed by atoms with Crippen LogP contribution in [-0.4, -0.2) is 68.3 Å². The Balaban J connectivity index is 1.65. The zero-order chi connectivity index (χ0) is 33.1. The third-order valence-corrected chi connectivity index (χ3v) is 8.41. The number of nitrogens with zero attached hydrogens (tertiary/aromatic N) is 1. The lowest BCUT2D eigenvalue weighted by Gasteiger charge is -2.31. The van der Waals surface area contributed by atoms with Gasteiger partial charge in [-0.05, 0) is 101 Å². The Labute approximate surface area is 284 Å². The Morgan fingerprint density at radius 1 is 0.826 bits per heavy atom. The molecule has 260 valence electrons. The first-order valence-corrected chi connectivity index (χ1v) is 18.4. The van der Waals surface area contributed by atoms with E-state index in [4.69, 9.17) is 18.9 Å². The highest BCUT2D eigenvalue weighted by Crippen LogP contribution is 2.20. The molecule has 2 rings (SSSR count). The van der Waals surface area contributed by atoms with Crippen LogP contribution < -0.4 is 0 Å². The zero-order valence-electron chi connectivity index (χ0n) is 28.7. The SMILES string of the molecule is CC/C=C\CCCCOC(CCC(=O)OCc1ccc(CC(=O)OCCC2CCN(CCS)CC2)cc1)OCCCC/C=C\CC. The molecule has 0 saturated carbocycles. The van der Waals surface area contributed by atoms with Gasteiger partial charge in [-0.1, -0.05) is 62.4 Å². The average Bonchev–Trinajstić information content (AvgIpc) is 3.06. The number of likely N-dealkylation sites (tertiary alicyclic amines) is 1. The normalized spacial score (nSPS) is 14.5. The van der Waals surface area contributed by atoms with Gasteiger partial charge in [0.2, 0.25) is 0 Å². The second kappa shape index (κ2) is 26.9. The first-order valence-electron chi connectivity index (χ1n) is 17.8. The Bertz CT molecular complexity index is 950. The molecule has 0 N–H and O–H groups in total. The summed E-state index contributed by atoms with van der Waals surface area (Å²) in [5, 5.41) is 0. The molecule has 8 heteroatoms. The predicted octanol–water partition coefficient (Wildman–Crippen LogP) is 8.26. The molecule has 0 bridgehead atoms. The highest BCUT2D eigenvalue weighted by Gasteiger charge is 2.19. The standard InChI is InChI=1S/C38H61NO6S/c1-3-5-7-9-11-13-27-43-38(44-28-14-12-10-8-6-4-2)20-19-36(40)45-32-35-17-15-34(16-18-35)31-37(41)42-29-23-33-21-24-39(25-22-33)26-30-46/h5-8,15-18,33,38,46H,3-4,9-14,19-32H2,1-2H3/b7-5-,8-6-. The summed E-state index contributed by atoms with van der Waals surface area (Å²) in [6.07, 6.45) is 20.9. The average molecular weight is 660 g/mol. The van der Waals surface area contributed by atoms with E-state index in [0.29, 0.717) is 32.2 Å². The number of allylic oxidation sites excluding steroid dienone is 4. The van der Waals surface area contributed by atoms with E-state index in [0.717, 1.165) is 107 Å². The van der Waals surface area contributed by atoms with Gasteiger partial charge in [-0.15, -0.1) is 0 Å². The summed E-state index contributed by atoms with van der Waals surface area (Å²) in [6.45, 7) is 9.47. The van der Waals surface area contributed by atoms with E-state index in [1.165, 1.54) is 0 Å². The van der Waals surface area contributed by atoms with Gasteiger partial charge < -0.3 is 23.8 Å². The van der Waals surface area contributed by atoms with Gasteiger partial charge >= 0.3 is 11.9 Å². The summed E-state index contributed by atoms with van der Waals surface area (Å²) in [6, 6.07) is 7.59. The molecule has 7 nitrogen and oxygen atoms in total. The summed E-state index contributed by atoms with van der Waals surface area (Å²) in [5.41, 5.74) is 1.77. The molecule has 1 aromatic carbocycles. The summed E-state index contributed by atoms with van der Waals surface area (Å²) in [7, 11) is 0. The van der Waals surface area contributed by atoms with Crippen molar-refractivity contribution >= 4 is 24.6 Å². The molecule has 0 aromatic heterocycles. The third-order valence-electron chi connectivity index (χ3n) is 8.21. The first-order chi connectivity index (χ1) is 22.5. The number of hydrogen-bond acceptors (Lipinski definition) is 8. The molecule has 1 aliphatic rings. The van der Waals surface area contributed by atoms with E-state index in [2.05, 4.69) is 55.7 Å². The number of thiol groups is 1. The molecule has 1 fully saturated rings. The number of carbonyl (C=O) groups excluding carboxylic acids is 2. The predicted molar refractivity (Wildman–Crippen MR) is 190 cm³/mol. The van der Waals surface area contributed by atoms with Crippen molar-refractivity contribution in [3.8, 4) is 0 Å². The molecule has 0 unspecified atom stereocenters. The van der Waals surface area contributed by atoms with Gasteiger partial charge in [0.25, 0.3) is 0 Å². The fourth-order valence-electron chi connectivity index (χ4n) is 5.36. The lowest BCUT2D eigenvalue weighted by Crippen LogP contribution is -2.35. The van der Waals surface area contributed by atoms with Crippen LogP contribution in [0.5, 0.6) is 0 Å². The lowest BCUT2D eigenvalue weighted by atomic mass is 9.94. The zero-order valence-corrected chi connectivity index (χ0v) is 29.6. The monoisotopic (exact) mass is 659 g/mol. The van der Waals surface area contributed by atoms with Gasteiger partial charge in [-0.2, -0.15) is 12.6 Å². The molecule has 1 saturated heterocycles. The van der Waals surface area contributed by atoms with Crippen LogP contribution in [0.25, 0.3) is 0 Å². The highest BCUT2D eigenvalue weighted by molar-refractivity contribution is 7.80. The molecule has 1 aromatic rings. The number of rotatable bonds is 26. The molecule has 1 heterocycles. The van der Waals surface area contributed by atoms with Crippen molar-refractivity contribution in [2.24, 2.45) is 5.92 Å². The lowest BCUT2D eigenvalue weighted by molar-refractivity contribution is -0.160. The van der Waals surface area contributed by atoms with E-state index >= 15 is 0 Å². The summed E-state index contributed by atoms with van der Waals surface area (Å²) in [4.78, 5) is 27.3. The van der Waals surface area contributed by atoms with Crippen LogP contribution >= 0.6 is 12.6 Å². The van der Waals surface area contributed by atoms with E-state index in [9.17, 15) is 9.59 Å². The summed E-state index contributed by atoms with van der Waals surface area (Å²) < 4.78 is 23.1. The molecular formula is C38H61NO6S. The van der Waals surface area contributed by atoms with Crippen molar-refractivity contribution in [2.45, 2.75) is 117 Å². The molecule has 46 heavy (non-hydrogen) atoms. The Morgan fingerprint density at radius 2 is 1.43 bits per heavy atom. The van der Waals surface area contributed by atoms with Gasteiger partial charge in [0.15, 0.2) is 6.29 Å². The van der Waals surface area contributed by atoms with Crippen molar-refractivity contribution in [3.63, 3.8) is 0 Å². The van der Waals surface area contributed by atoms with E-state index in [1.807, 2.05) is 24.3 Å². The van der Waals surface area contributed by atoms with Gasteiger partial charge in [0, 0.05) is 31.9 Å². The quantitative estimate of drug-likeness (QED) is 0.0353. The van der Waals surface area contributed by atoms with Crippen molar-refractivity contribution < 1.29 is 28.5 Å². The highest BCUT2D eigenvalue weighted by atomic mass is 32.1. The van der Waals surface area contributed by atoms with Gasteiger partial charge in [0.05, 0.1) is 19.4 Å². The maximum Gasteiger partial charge on any atom is 0.310 e. The molecule has 0 aliphatic carbocycles.